The van der Waals surface area contributed by atoms with Gasteiger partial charge in [0.15, 0.2) is 0 Å². The molecule has 1 fully saturated rings. The molecule has 0 aromatic carbocycles. The van der Waals surface area contributed by atoms with E-state index in [0.29, 0.717) is 0 Å². The van der Waals surface area contributed by atoms with Gasteiger partial charge in [0, 0.05) is 0 Å². The van der Waals surface area contributed by atoms with E-state index < -0.39 is 41.7 Å². The van der Waals surface area contributed by atoms with Crippen molar-refractivity contribution in [3.05, 3.63) is 0 Å². The van der Waals surface area contributed by atoms with Crippen molar-refractivity contribution in [2.75, 3.05) is 0 Å². The molecule has 1 aliphatic heterocycles. The monoisotopic (exact) mass is 504 g/mol. The Balaban J connectivity index is 2.98. The maximum absolute atomic E-state index is 11.4. The van der Waals surface area contributed by atoms with Crippen LogP contribution in [0.4, 0.5) is 0 Å². The SMILES string of the molecule is CC(=O)[NH][Ti]1[Ti][Ti]([CH3])([CH3])[Ti][Ti]([Cl])([Cl])([NH]C(C)=O)[Ti]1. The molecule has 1 aliphatic rings. The van der Waals surface area contributed by atoms with E-state index in [9.17, 15) is 9.59 Å². The first-order valence-electron chi connectivity index (χ1n) is 5.29. The first-order valence-corrected chi connectivity index (χ1v) is 38.3. The number of nitrogens with one attached hydrogen (secondary N) is 2. The minimum absolute atomic E-state index is 0.0648. The van der Waals surface area contributed by atoms with Crippen molar-refractivity contribution in [3.63, 3.8) is 0 Å². The molecule has 0 unspecified atom stereocenters. The third-order valence-corrected chi connectivity index (χ3v) is 208. The van der Waals surface area contributed by atoms with Crippen LogP contribution in [-0.2, 0) is 76.7 Å². The standard InChI is InChI=1S/2C2H5NO.2CH3.2ClH.6Ti/c2*1-2(3)4;;;;;;;;;;/h2*1H3,(H2,3,4);2*1H3;2*1H;;;;;;/q;;;;;;;;;;+1;+3/p-4. The number of amides is 2. The molecule has 0 aliphatic carbocycles. The summed E-state index contributed by atoms with van der Waals surface area (Å²) in [6, 6.07) is 0. The predicted molar refractivity (Wildman–Crippen MR) is 51.1 cm³/mol. The second-order valence-corrected chi connectivity index (χ2v) is 107. The molecule has 2 N–H and O–H groups in total. The summed E-state index contributed by atoms with van der Waals surface area (Å²) in [5.74, 6) is 0.0211. The van der Waals surface area contributed by atoms with Crippen molar-refractivity contribution in [1.29, 1.82) is 0 Å². The summed E-state index contributed by atoms with van der Waals surface area (Å²) < 4.78 is 6.27. The van der Waals surface area contributed by atoms with Crippen molar-refractivity contribution >= 4 is 30.4 Å². The Kier molecular flexibility index (Phi) is 7.88. The molecule has 1 rings (SSSR count). The van der Waals surface area contributed by atoms with Gasteiger partial charge in [-0.2, -0.15) is 0 Å². The zero-order valence-electron chi connectivity index (χ0n) is 10.6. The van der Waals surface area contributed by atoms with Crippen LogP contribution in [0.5, 0.6) is 0 Å². The third-order valence-electron chi connectivity index (χ3n) is 2.01. The van der Waals surface area contributed by atoms with Gasteiger partial charge in [0.05, 0.1) is 0 Å². The topological polar surface area (TPSA) is 58.2 Å². The molecule has 0 atom stereocenters. The Morgan fingerprint density at radius 1 is 1.22 bits per heavy atom. The van der Waals surface area contributed by atoms with Crippen LogP contribution in [-0.4, -0.2) is 11.8 Å². The van der Waals surface area contributed by atoms with Gasteiger partial charge in [-0.05, 0) is 0 Å². The van der Waals surface area contributed by atoms with Crippen LogP contribution in [0.1, 0.15) is 13.8 Å². The Bertz CT molecular complexity index is 392. The molecule has 4 nitrogen and oxygen atoms in total. The molecule has 98 valence electrons. The Morgan fingerprint density at radius 2 is 1.78 bits per heavy atom. The van der Waals surface area contributed by atoms with Gasteiger partial charge in [-0.25, -0.2) is 0 Å². The molecular weight excluding hydrogens is 490 g/mol. The molecule has 1 saturated heterocycles. The summed E-state index contributed by atoms with van der Waals surface area (Å²) in [6.45, 7) is 3.10. The molecule has 0 aromatic heterocycles. The van der Waals surface area contributed by atoms with Crippen LogP contribution < -0.4 is 7.60 Å². The summed E-state index contributed by atoms with van der Waals surface area (Å²) in [4.78, 5) is 22.7. The van der Waals surface area contributed by atoms with Crippen molar-refractivity contribution in [3.8, 4) is 0 Å². The summed E-state index contributed by atoms with van der Waals surface area (Å²) in [5, 5.41) is 4.85. The average Bonchev–Trinajstić information content (AvgIpc) is 1.90. The second-order valence-electron chi connectivity index (χ2n) is 4.75. The van der Waals surface area contributed by atoms with Gasteiger partial charge in [0.1, 0.15) is 0 Å². The molecule has 2 amide bonds. The molecular formula is C6H14Cl2N2O2Ti6. The first kappa shape index (κ1) is 19.9. The summed E-state index contributed by atoms with van der Waals surface area (Å²) in [6.07, 6.45) is 0. The number of rotatable bonds is 2. The number of carbonyl (C=O) groups is 2. The van der Waals surface area contributed by atoms with Gasteiger partial charge < -0.3 is 0 Å². The van der Waals surface area contributed by atoms with Crippen molar-refractivity contribution in [2.24, 2.45) is 0 Å². The molecule has 0 spiro atoms. The molecule has 1 heterocycles. The Hall–Kier alpha value is 3.81. The van der Waals surface area contributed by atoms with Crippen molar-refractivity contribution in [2.45, 2.75) is 24.3 Å². The molecule has 0 saturated carbocycles. The van der Waals surface area contributed by atoms with E-state index in [-0.39, 0.29) is 37.3 Å². The predicted octanol–water partition coefficient (Wildman–Crippen LogP) is 1.71. The van der Waals surface area contributed by atoms with Crippen LogP contribution in [0.3, 0.4) is 0 Å². The van der Waals surface area contributed by atoms with Crippen LogP contribution in [0, 0.1) is 0 Å². The molecule has 12 heteroatoms. The summed E-state index contributed by atoms with van der Waals surface area (Å²) >= 11 is -2.23. The van der Waals surface area contributed by atoms with Gasteiger partial charge in [0.25, 0.3) is 0 Å². The summed E-state index contributed by atoms with van der Waals surface area (Å²) in [5.41, 5.74) is 0. The van der Waals surface area contributed by atoms with E-state index in [1.54, 1.807) is 6.92 Å². The first-order chi connectivity index (χ1) is 7.90. The Labute approximate surface area is 135 Å². The number of hydrogen-bond donors (Lipinski definition) is 2. The maximum atomic E-state index is 11.4. The van der Waals surface area contributed by atoms with Crippen LogP contribution in [0.25, 0.3) is 0 Å². The molecule has 0 radical (unpaired) electrons. The van der Waals surface area contributed by atoms with Crippen molar-refractivity contribution in [1.82, 2.24) is 7.60 Å². The average molecular weight is 504 g/mol. The van der Waals surface area contributed by atoms with E-state index in [2.05, 4.69) is 18.1 Å². The number of carbonyl (C=O) groups excluding carboxylic acids is 2. The van der Waals surface area contributed by atoms with E-state index in [0.717, 1.165) is 0 Å². The molecule has 18 heavy (non-hydrogen) atoms. The van der Waals surface area contributed by atoms with Gasteiger partial charge >= 0.3 is 139 Å². The number of halogens is 2. The van der Waals surface area contributed by atoms with Crippen LogP contribution in [0.2, 0.25) is 10.5 Å². The third kappa shape index (κ3) is 6.92. The normalized spacial score (nSPS) is 25.2. The van der Waals surface area contributed by atoms with Crippen LogP contribution >= 0.6 is 18.6 Å². The second kappa shape index (κ2) is 7.14. The van der Waals surface area contributed by atoms with Gasteiger partial charge in [0.2, 0.25) is 0 Å². The number of hydrogen-bond acceptors (Lipinski definition) is 2. The van der Waals surface area contributed by atoms with E-state index in [4.69, 9.17) is 18.6 Å². The van der Waals surface area contributed by atoms with Gasteiger partial charge in [-0.15, -0.1) is 0 Å². The van der Waals surface area contributed by atoms with E-state index in [1.807, 2.05) is 0 Å². The minimum atomic E-state index is -3.62. The van der Waals surface area contributed by atoms with E-state index >= 15 is 0 Å². The van der Waals surface area contributed by atoms with Gasteiger partial charge in [-0.1, -0.05) is 0 Å². The zero-order chi connectivity index (χ0) is 14.2. The fourth-order valence-corrected chi connectivity index (χ4v) is 499. The quantitative estimate of drug-likeness (QED) is 0.563. The van der Waals surface area contributed by atoms with E-state index in [1.165, 1.54) is 6.92 Å². The summed E-state index contributed by atoms with van der Waals surface area (Å²) in [7, 11) is 8.36. The fraction of sp³-hybridized carbons (Fsp3) is 0.667. The zero-order valence-corrected chi connectivity index (χ0v) is 21.5. The van der Waals surface area contributed by atoms with Crippen molar-refractivity contribution < 1.29 is 76.7 Å². The molecule has 0 bridgehead atoms. The van der Waals surface area contributed by atoms with Crippen LogP contribution in [0.15, 0.2) is 0 Å². The fourth-order valence-electron chi connectivity index (χ4n) is 1.78. The van der Waals surface area contributed by atoms with Gasteiger partial charge in [-0.3, -0.25) is 0 Å². The molecule has 0 aromatic rings. The Morgan fingerprint density at radius 3 is 2.22 bits per heavy atom.